The van der Waals surface area contributed by atoms with Gasteiger partial charge in [-0.15, -0.1) is 0 Å². The second-order valence-corrected chi connectivity index (χ2v) is 8.19. The number of hydrogen-bond donors (Lipinski definition) is 1. The Bertz CT molecular complexity index is 1150. The average molecular weight is 411 g/mol. The summed E-state index contributed by atoms with van der Waals surface area (Å²) in [5.41, 5.74) is 7.76. The van der Waals surface area contributed by atoms with Crippen LogP contribution in [0.2, 0.25) is 0 Å². The van der Waals surface area contributed by atoms with E-state index < -0.39 is 16.8 Å². The smallest absolute Gasteiger partial charge is 0.269 e. The number of amides is 2. The van der Waals surface area contributed by atoms with E-state index in [0.29, 0.717) is 5.69 Å². The normalized spacial score (nSPS) is 25.1. The number of rotatable bonds is 3. The van der Waals surface area contributed by atoms with Gasteiger partial charge in [0.2, 0.25) is 0 Å². The Balaban J connectivity index is 1.42. The van der Waals surface area contributed by atoms with Crippen molar-refractivity contribution < 1.29 is 14.5 Å². The molecule has 1 saturated heterocycles. The summed E-state index contributed by atoms with van der Waals surface area (Å²) in [4.78, 5) is 37.4. The number of nitrogens with one attached hydrogen (secondary N) is 1. The molecule has 1 N–H and O–H groups in total. The van der Waals surface area contributed by atoms with Gasteiger partial charge in [-0.05, 0) is 34.4 Å². The van der Waals surface area contributed by atoms with Gasteiger partial charge in [0.25, 0.3) is 17.5 Å². The zero-order chi connectivity index (χ0) is 21.3. The summed E-state index contributed by atoms with van der Waals surface area (Å²) in [6.45, 7) is 0. The Labute approximate surface area is 177 Å². The van der Waals surface area contributed by atoms with E-state index in [1.807, 2.05) is 24.3 Å². The zero-order valence-electron chi connectivity index (χ0n) is 16.3. The predicted molar refractivity (Wildman–Crippen MR) is 112 cm³/mol. The molecule has 1 heterocycles. The second kappa shape index (κ2) is 6.25. The Morgan fingerprint density at radius 2 is 1.13 bits per heavy atom. The highest BCUT2D eigenvalue weighted by atomic mass is 16.6. The van der Waals surface area contributed by atoms with Gasteiger partial charge in [0, 0.05) is 24.0 Å². The summed E-state index contributed by atoms with van der Waals surface area (Å²) < 4.78 is 0. The summed E-state index contributed by atoms with van der Waals surface area (Å²) in [6, 6.07) is 21.8. The number of benzene rings is 3. The molecule has 0 aromatic heterocycles. The van der Waals surface area contributed by atoms with Crippen molar-refractivity contribution in [2.24, 2.45) is 11.8 Å². The van der Waals surface area contributed by atoms with Gasteiger partial charge < -0.3 is 0 Å². The molecule has 2 atom stereocenters. The van der Waals surface area contributed by atoms with E-state index in [1.54, 1.807) is 0 Å². The van der Waals surface area contributed by atoms with Crippen LogP contribution >= 0.6 is 0 Å². The van der Waals surface area contributed by atoms with E-state index in [2.05, 4.69) is 29.7 Å². The number of carbonyl (C=O) groups is 2. The van der Waals surface area contributed by atoms with Crippen molar-refractivity contribution in [2.45, 2.75) is 11.8 Å². The molecule has 152 valence electrons. The van der Waals surface area contributed by atoms with E-state index in [0.717, 1.165) is 27.3 Å². The maximum atomic E-state index is 13.5. The number of carbonyl (C=O) groups excluding carboxylic acids is 2. The largest absolute Gasteiger partial charge is 0.289 e. The highest BCUT2D eigenvalue weighted by Crippen LogP contribution is 2.60. The van der Waals surface area contributed by atoms with Gasteiger partial charge >= 0.3 is 0 Å². The number of nitrogens with zero attached hydrogens (tertiary/aromatic N) is 2. The average Bonchev–Trinajstić information content (AvgIpc) is 3.05. The number of nitro benzene ring substituents is 1. The lowest BCUT2D eigenvalue weighted by Crippen LogP contribution is -2.41. The Morgan fingerprint density at radius 1 is 0.710 bits per heavy atom. The number of nitro groups is 1. The third kappa shape index (κ3) is 2.34. The van der Waals surface area contributed by atoms with Gasteiger partial charge in [-0.3, -0.25) is 25.1 Å². The molecule has 7 rings (SSSR count). The Morgan fingerprint density at radius 3 is 1.52 bits per heavy atom. The van der Waals surface area contributed by atoms with Crippen LogP contribution in [0.3, 0.4) is 0 Å². The molecule has 7 nitrogen and oxygen atoms in total. The van der Waals surface area contributed by atoms with E-state index in [4.69, 9.17) is 0 Å². The summed E-state index contributed by atoms with van der Waals surface area (Å²) in [5.74, 6) is -1.77. The van der Waals surface area contributed by atoms with E-state index >= 15 is 0 Å². The van der Waals surface area contributed by atoms with Crippen molar-refractivity contribution in [1.82, 2.24) is 5.01 Å². The maximum absolute atomic E-state index is 13.5. The minimum atomic E-state index is -0.489. The SMILES string of the molecule is O=C1C2C3c4ccccc4C(c4ccccc43)[C@@H]2C(=O)N1Nc1ccc([N+](=O)[O-])cc1. The van der Waals surface area contributed by atoms with Gasteiger partial charge in [-0.2, -0.15) is 5.01 Å². The standard InChI is InChI=1S/C24H17N3O4/c28-23-21-19-15-5-1-2-6-16(15)20(18-8-4-3-7-17(18)19)22(21)24(29)26(23)25-13-9-11-14(12-10-13)27(30)31/h1-12,19-22,25H/t19?,20?,21-,22?/m0/s1. The second-order valence-electron chi connectivity index (χ2n) is 8.19. The minimum Gasteiger partial charge on any atom is -0.289 e. The molecule has 0 spiro atoms. The lowest BCUT2D eigenvalue weighted by Gasteiger charge is -2.45. The first kappa shape index (κ1) is 17.8. The third-order valence-corrected chi connectivity index (χ3v) is 6.77. The predicted octanol–water partition coefficient (Wildman–Crippen LogP) is 3.81. The van der Waals surface area contributed by atoms with Crippen LogP contribution in [0, 0.1) is 22.0 Å². The number of non-ortho nitro benzene ring substituents is 1. The molecule has 1 aliphatic heterocycles. The van der Waals surface area contributed by atoms with Crippen molar-refractivity contribution in [3.63, 3.8) is 0 Å². The fourth-order valence-electron chi connectivity index (χ4n) is 5.57. The molecular formula is C24H17N3O4. The zero-order valence-corrected chi connectivity index (χ0v) is 16.3. The highest BCUT2D eigenvalue weighted by Gasteiger charge is 2.61. The number of hydrazine groups is 1. The number of hydrogen-bond acceptors (Lipinski definition) is 5. The van der Waals surface area contributed by atoms with Gasteiger partial charge in [-0.1, -0.05) is 48.5 Å². The van der Waals surface area contributed by atoms with Crippen molar-refractivity contribution >= 4 is 23.2 Å². The Kier molecular flexibility index (Phi) is 3.59. The van der Waals surface area contributed by atoms with Crippen LogP contribution in [-0.2, 0) is 9.59 Å². The van der Waals surface area contributed by atoms with Crippen LogP contribution in [0.5, 0.6) is 0 Å². The molecule has 7 heteroatoms. The first-order valence-electron chi connectivity index (χ1n) is 10.1. The lowest BCUT2D eigenvalue weighted by atomic mass is 9.55. The number of imide groups is 1. The summed E-state index contributed by atoms with van der Waals surface area (Å²) in [5, 5.41) is 12.0. The quantitative estimate of drug-likeness (QED) is 0.402. The minimum absolute atomic E-state index is 0.0535. The summed E-state index contributed by atoms with van der Waals surface area (Å²) in [6.07, 6.45) is 0. The lowest BCUT2D eigenvalue weighted by molar-refractivity contribution is -0.384. The molecule has 31 heavy (non-hydrogen) atoms. The topological polar surface area (TPSA) is 92.6 Å². The molecule has 1 unspecified atom stereocenters. The molecule has 0 radical (unpaired) electrons. The van der Waals surface area contributed by atoms with Crippen LogP contribution in [0.4, 0.5) is 11.4 Å². The van der Waals surface area contributed by atoms with Crippen LogP contribution < -0.4 is 5.43 Å². The third-order valence-electron chi connectivity index (χ3n) is 6.77. The molecule has 3 aliphatic carbocycles. The molecular weight excluding hydrogens is 394 g/mol. The van der Waals surface area contributed by atoms with Gasteiger partial charge in [-0.25, -0.2) is 0 Å². The van der Waals surface area contributed by atoms with Crippen molar-refractivity contribution in [2.75, 3.05) is 5.43 Å². The highest BCUT2D eigenvalue weighted by molar-refractivity contribution is 6.08. The van der Waals surface area contributed by atoms with Gasteiger partial charge in [0.05, 0.1) is 22.4 Å². The molecule has 2 amide bonds. The van der Waals surface area contributed by atoms with Crippen molar-refractivity contribution in [3.8, 4) is 0 Å². The van der Waals surface area contributed by atoms with E-state index in [9.17, 15) is 19.7 Å². The monoisotopic (exact) mass is 411 g/mol. The molecule has 3 aromatic rings. The van der Waals surface area contributed by atoms with Crippen LogP contribution in [0.25, 0.3) is 0 Å². The number of anilines is 1. The van der Waals surface area contributed by atoms with Gasteiger partial charge in [0.15, 0.2) is 0 Å². The summed E-state index contributed by atoms with van der Waals surface area (Å²) >= 11 is 0. The van der Waals surface area contributed by atoms with Crippen LogP contribution in [-0.4, -0.2) is 21.7 Å². The molecule has 1 fully saturated rings. The first-order valence-corrected chi connectivity index (χ1v) is 10.1. The molecule has 3 aromatic carbocycles. The first-order chi connectivity index (χ1) is 15.1. The van der Waals surface area contributed by atoms with Gasteiger partial charge in [0.1, 0.15) is 0 Å². The fourth-order valence-corrected chi connectivity index (χ4v) is 5.57. The fraction of sp³-hybridized carbons (Fsp3) is 0.167. The Hall–Kier alpha value is -4.00. The summed E-state index contributed by atoms with van der Waals surface area (Å²) in [7, 11) is 0. The van der Waals surface area contributed by atoms with Crippen LogP contribution in [0.1, 0.15) is 34.1 Å². The molecule has 4 aliphatic rings. The molecule has 2 bridgehead atoms. The van der Waals surface area contributed by atoms with Crippen molar-refractivity contribution in [1.29, 1.82) is 0 Å². The van der Waals surface area contributed by atoms with E-state index in [-0.39, 0.29) is 29.3 Å². The maximum Gasteiger partial charge on any atom is 0.269 e. The van der Waals surface area contributed by atoms with Crippen LogP contribution in [0.15, 0.2) is 72.8 Å². The van der Waals surface area contributed by atoms with Crippen molar-refractivity contribution in [3.05, 3.63) is 105 Å². The molecule has 0 saturated carbocycles. The van der Waals surface area contributed by atoms with E-state index in [1.165, 1.54) is 24.3 Å².